The molecule has 0 amide bonds. The number of rotatable bonds is 6. The summed E-state index contributed by atoms with van der Waals surface area (Å²) >= 11 is 3.39. The van der Waals surface area contributed by atoms with Gasteiger partial charge in [-0.2, -0.15) is 5.26 Å². The van der Waals surface area contributed by atoms with Crippen molar-refractivity contribution in [1.29, 1.82) is 5.26 Å². The van der Waals surface area contributed by atoms with Gasteiger partial charge in [0, 0.05) is 22.7 Å². The molecule has 0 saturated carbocycles. The molecule has 86 valence electrons. The highest BCUT2D eigenvalue weighted by molar-refractivity contribution is 8.00. The molecule has 2 nitrogen and oxygen atoms in total. The minimum absolute atomic E-state index is 0.709. The summed E-state index contributed by atoms with van der Waals surface area (Å²) in [5.74, 6) is 1.87. The number of thioether (sulfide) groups is 2. The second-order valence-corrected chi connectivity index (χ2v) is 5.46. The van der Waals surface area contributed by atoms with Crippen LogP contribution in [0, 0.1) is 11.3 Å². The van der Waals surface area contributed by atoms with Gasteiger partial charge in [0.1, 0.15) is 6.07 Å². The van der Waals surface area contributed by atoms with E-state index in [4.69, 9.17) is 4.74 Å². The fourth-order valence-corrected chi connectivity index (χ4v) is 3.05. The minimum atomic E-state index is 0.709. The van der Waals surface area contributed by atoms with Crippen molar-refractivity contribution in [2.75, 3.05) is 25.2 Å². The Labute approximate surface area is 105 Å². The Kier molecular flexibility index (Phi) is 6.39. The third-order valence-corrected chi connectivity index (χ3v) is 3.91. The molecule has 1 aromatic rings. The fraction of sp³-hybridized carbons (Fsp3) is 0.417. The molecule has 0 spiro atoms. The van der Waals surface area contributed by atoms with Crippen molar-refractivity contribution in [2.45, 2.75) is 16.7 Å². The van der Waals surface area contributed by atoms with Crippen LogP contribution < -0.4 is 0 Å². The van der Waals surface area contributed by atoms with Crippen molar-refractivity contribution in [3.8, 4) is 6.07 Å². The van der Waals surface area contributed by atoms with Crippen LogP contribution in [0.25, 0.3) is 0 Å². The van der Waals surface area contributed by atoms with E-state index in [1.807, 2.05) is 18.2 Å². The van der Waals surface area contributed by atoms with E-state index in [0.717, 1.165) is 26.9 Å². The highest BCUT2D eigenvalue weighted by atomic mass is 32.2. The standard InChI is InChI=1S/C12H15NOS2/c1-3-15-11-5-4-6-12(10(11)9-13)16-8-7-14-2/h4-6H,3,7-8H2,1-2H3. The minimum Gasteiger partial charge on any atom is -0.384 e. The Morgan fingerprint density at radius 3 is 2.56 bits per heavy atom. The van der Waals surface area contributed by atoms with Gasteiger partial charge in [-0.1, -0.05) is 13.0 Å². The molecule has 0 aliphatic carbocycles. The number of hydrogen-bond acceptors (Lipinski definition) is 4. The zero-order chi connectivity index (χ0) is 11.8. The van der Waals surface area contributed by atoms with Crippen LogP contribution in [0.5, 0.6) is 0 Å². The van der Waals surface area contributed by atoms with Gasteiger partial charge in [0.05, 0.1) is 12.2 Å². The molecule has 1 aromatic carbocycles. The number of benzene rings is 1. The summed E-state index contributed by atoms with van der Waals surface area (Å²) < 4.78 is 5.01. The summed E-state index contributed by atoms with van der Waals surface area (Å²) in [4.78, 5) is 2.13. The van der Waals surface area contributed by atoms with Crippen LogP contribution >= 0.6 is 23.5 Å². The van der Waals surface area contributed by atoms with Crippen LogP contribution in [0.15, 0.2) is 28.0 Å². The molecule has 0 saturated heterocycles. The predicted molar refractivity (Wildman–Crippen MR) is 70.2 cm³/mol. The van der Waals surface area contributed by atoms with E-state index in [1.165, 1.54) is 0 Å². The van der Waals surface area contributed by atoms with Crippen molar-refractivity contribution in [3.63, 3.8) is 0 Å². The van der Waals surface area contributed by atoms with Crippen molar-refractivity contribution < 1.29 is 4.74 Å². The maximum Gasteiger partial charge on any atom is 0.101 e. The maximum atomic E-state index is 9.17. The lowest BCUT2D eigenvalue weighted by Crippen LogP contribution is -1.93. The van der Waals surface area contributed by atoms with Gasteiger partial charge in [0.25, 0.3) is 0 Å². The van der Waals surface area contributed by atoms with Crippen LogP contribution in [0.4, 0.5) is 0 Å². The molecule has 1 rings (SSSR count). The molecule has 0 atom stereocenters. The molecule has 0 heterocycles. The Hall–Kier alpha value is -0.630. The van der Waals surface area contributed by atoms with Gasteiger partial charge >= 0.3 is 0 Å². The first-order valence-electron chi connectivity index (χ1n) is 5.11. The van der Waals surface area contributed by atoms with Gasteiger partial charge in [-0.15, -0.1) is 23.5 Å². The maximum absolute atomic E-state index is 9.17. The highest BCUT2D eigenvalue weighted by Gasteiger charge is 2.07. The predicted octanol–water partition coefficient (Wildman–Crippen LogP) is 3.41. The average Bonchev–Trinajstić information content (AvgIpc) is 2.30. The van der Waals surface area contributed by atoms with Crippen LogP contribution in [-0.2, 0) is 4.74 Å². The molecule has 0 aliphatic rings. The van der Waals surface area contributed by atoms with E-state index in [2.05, 4.69) is 13.0 Å². The molecule has 4 heteroatoms. The summed E-state index contributed by atoms with van der Waals surface area (Å²) in [7, 11) is 1.69. The average molecular weight is 253 g/mol. The Morgan fingerprint density at radius 2 is 2.00 bits per heavy atom. The molecule has 0 bridgehead atoms. The van der Waals surface area contributed by atoms with Crippen LogP contribution in [0.3, 0.4) is 0 Å². The molecule has 0 aliphatic heterocycles. The van der Waals surface area contributed by atoms with E-state index in [-0.39, 0.29) is 0 Å². The number of hydrogen-bond donors (Lipinski definition) is 0. The summed E-state index contributed by atoms with van der Waals surface area (Å²) in [6.45, 7) is 2.80. The van der Waals surface area contributed by atoms with Crippen LogP contribution in [-0.4, -0.2) is 25.2 Å². The molecule has 0 aromatic heterocycles. The molecule has 16 heavy (non-hydrogen) atoms. The Balaban J connectivity index is 2.83. The topological polar surface area (TPSA) is 33.0 Å². The first-order chi connectivity index (χ1) is 7.83. The summed E-state index contributed by atoms with van der Waals surface area (Å²) in [5, 5.41) is 9.17. The first kappa shape index (κ1) is 13.4. The molecule has 0 unspecified atom stereocenters. The summed E-state index contributed by atoms with van der Waals surface area (Å²) in [5.41, 5.74) is 0.801. The Morgan fingerprint density at radius 1 is 1.31 bits per heavy atom. The number of methoxy groups -OCH3 is 1. The molecule has 0 fully saturated rings. The number of ether oxygens (including phenoxy) is 1. The number of nitrogens with zero attached hydrogens (tertiary/aromatic N) is 1. The highest BCUT2D eigenvalue weighted by Crippen LogP contribution is 2.30. The smallest absolute Gasteiger partial charge is 0.101 e. The van der Waals surface area contributed by atoms with Crippen molar-refractivity contribution >= 4 is 23.5 Å². The van der Waals surface area contributed by atoms with Crippen LogP contribution in [0.2, 0.25) is 0 Å². The van der Waals surface area contributed by atoms with Crippen molar-refractivity contribution in [1.82, 2.24) is 0 Å². The summed E-state index contributed by atoms with van der Waals surface area (Å²) in [6, 6.07) is 8.31. The monoisotopic (exact) mass is 253 g/mol. The van der Waals surface area contributed by atoms with E-state index in [1.54, 1.807) is 30.6 Å². The normalized spacial score (nSPS) is 10.1. The van der Waals surface area contributed by atoms with Gasteiger partial charge in [0.2, 0.25) is 0 Å². The van der Waals surface area contributed by atoms with Gasteiger partial charge < -0.3 is 4.74 Å². The van der Waals surface area contributed by atoms with Crippen molar-refractivity contribution in [3.05, 3.63) is 23.8 Å². The quantitative estimate of drug-likeness (QED) is 0.574. The van der Waals surface area contributed by atoms with Crippen molar-refractivity contribution in [2.24, 2.45) is 0 Å². The fourth-order valence-electron chi connectivity index (χ4n) is 1.25. The van der Waals surface area contributed by atoms with Gasteiger partial charge in [-0.25, -0.2) is 0 Å². The second kappa shape index (κ2) is 7.61. The summed E-state index contributed by atoms with van der Waals surface area (Å²) in [6.07, 6.45) is 0. The van der Waals surface area contributed by atoms with Gasteiger partial charge in [-0.05, 0) is 17.9 Å². The lowest BCUT2D eigenvalue weighted by atomic mass is 10.2. The zero-order valence-corrected chi connectivity index (χ0v) is 11.2. The third-order valence-electron chi connectivity index (χ3n) is 1.94. The third kappa shape index (κ3) is 3.75. The van der Waals surface area contributed by atoms with E-state index in [0.29, 0.717) is 6.61 Å². The van der Waals surface area contributed by atoms with E-state index in [9.17, 15) is 5.26 Å². The largest absolute Gasteiger partial charge is 0.384 e. The van der Waals surface area contributed by atoms with Gasteiger partial charge in [-0.3, -0.25) is 0 Å². The molecular weight excluding hydrogens is 238 g/mol. The molecule has 0 N–H and O–H groups in total. The zero-order valence-electron chi connectivity index (χ0n) is 9.53. The molecule has 0 radical (unpaired) electrons. The lowest BCUT2D eigenvalue weighted by Gasteiger charge is -2.07. The Bertz CT molecular complexity index is 374. The SMILES string of the molecule is CCSc1cccc(SCCOC)c1C#N. The molecular formula is C12H15NOS2. The van der Waals surface area contributed by atoms with E-state index < -0.39 is 0 Å². The number of nitriles is 1. The van der Waals surface area contributed by atoms with Gasteiger partial charge in [0.15, 0.2) is 0 Å². The van der Waals surface area contributed by atoms with Crippen LogP contribution in [0.1, 0.15) is 12.5 Å². The van der Waals surface area contributed by atoms with E-state index >= 15 is 0 Å². The first-order valence-corrected chi connectivity index (χ1v) is 7.08. The second-order valence-electron chi connectivity index (χ2n) is 3.02. The lowest BCUT2D eigenvalue weighted by molar-refractivity contribution is 0.218.